The summed E-state index contributed by atoms with van der Waals surface area (Å²) in [6, 6.07) is 18.3. The van der Waals surface area contributed by atoms with Crippen molar-refractivity contribution in [2.75, 3.05) is 18.4 Å². The molecule has 0 radical (unpaired) electrons. The van der Waals surface area contributed by atoms with E-state index in [1.54, 1.807) is 11.3 Å². The summed E-state index contributed by atoms with van der Waals surface area (Å²) in [6.45, 7) is 1.53. The third-order valence-electron chi connectivity index (χ3n) is 4.79. The molecule has 5 heteroatoms. The van der Waals surface area contributed by atoms with Gasteiger partial charge in [0.1, 0.15) is 6.04 Å². The molecule has 2 aromatic carbocycles. The number of likely N-dealkylation sites (tertiary alicyclic amines) is 1. The van der Waals surface area contributed by atoms with E-state index in [-0.39, 0.29) is 5.91 Å². The number of hydrogen-bond donors (Lipinski definition) is 2. The van der Waals surface area contributed by atoms with Gasteiger partial charge in [-0.1, -0.05) is 30.3 Å². The first kappa shape index (κ1) is 16.2. The van der Waals surface area contributed by atoms with Crippen LogP contribution in [0.25, 0.3) is 10.2 Å². The molecule has 128 valence electrons. The van der Waals surface area contributed by atoms with Crippen molar-refractivity contribution in [1.29, 1.82) is 0 Å². The Morgan fingerprint density at radius 2 is 1.92 bits per heavy atom. The van der Waals surface area contributed by atoms with Gasteiger partial charge in [-0.25, -0.2) is 4.98 Å². The maximum atomic E-state index is 12.5. The van der Waals surface area contributed by atoms with E-state index in [1.807, 2.05) is 36.4 Å². The first-order valence-electron chi connectivity index (χ1n) is 8.84. The van der Waals surface area contributed by atoms with Crippen LogP contribution in [0.2, 0.25) is 0 Å². The van der Waals surface area contributed by atoms with Gasteiger partial charge in [0.15, 0.2) is 11.6 Å². The van der Waals surface area contributed by atoms with Gasteiger partial charge in [-0.05, 0) is 37.1 Å². The number of carbonyl (C=O) groups excluding carboxylic acids is 1. The molecule has 2 N–H and O–H groups in total. The van der Waals surface area contributed by atoms with Crippen molar-refractivity contribution in [2.24, 2.45) is 0 Å². The minimum absolute atomic E-state index is 0.0780. The molecule has 0 saturated carbocycles. The summed E-state index contributed by atoms with van der Waals surface area (Å²) in [5, 5.41) is 4.18. The molecule has 0 bridgehead atoms. The van der Waals surface area contributed by atoms with E-state index in [4.69, 9.17) is 4.98 Å². The van der Waals surface area contributed by atoms with Crippen LogP contribution in [0.1, 0.15) is 30.3 Å². The second kappa shape index (κ2) is 7.33. The fourth-order valence-electron chi connectivity index (χ4n) is 3.56. The minimum atomic E-state index is 0.0780. The number of quaternary nitrogens is 1. The van der Waals surface area contributed by atoms with E-state index < -0.39 is 0 Å². The lowest BCUT2D eigenvalue weighted by Gasteiger charge is -2.30. The Labute approximate surface area is 151 Å². The minimum Gasteiger partial charge on any atom is -0.321 e. The molecule has 0 aliphatic carbocycles. The third-order valence-corrected chi connectivity index (χ3v) is 5.94. The predicted molar refractivity (Wildman–Crippen MR) is 102 cm³/mol. The molecule has 1 unspecified atom stereocenters. The number of nitrogens with one attached hydrogen (secondary N) is 2. The van der Waals surface area contributed by atoms with Gasteiger partial charge >= 0.3 is 0 Å². The first-order valence-corrected chi connectivity index (χ1v) is 9.66. The largest absolute Gasteiger partial charge is 0.321 e. The molecule has 25 heavy (non-hydrogen) atoms. The quantitative estimate of drug-likeness (QED) is 0.758. The summed E-state index contributed by atoms with van der Waals surface area (Å²) in [5.41, 5.74) is 1.93. The zero-order valence-corrected chi connectivity index (χ0v) is 14.9. The molecular formula is C20H22N3OS+. The number of rotatable bonds is 4. The monoisotopic (exact) mass is 352 g/mol. The second-order valence-electron chi connectivity index (χ2n) is 6.57. The Morgan fingerprint density at radius 1 is 1.12 bits per heavy atom. The number of anilines is 1. The molecule has 3 aromatic rings. The highest BCUT2D eigenvalue weighted by Crippen LogP contribution is 2.28. The summed E-state index contributed by atoms with van der Waals surface area (Å²) < 4.78 is 1.23. The number of fused-ring (bicyclic) bond motifs is 1. The van der Waals surface area contributed by atoms with Gasteiger partial charge < -0.3 is 10.2 Å². The number of hydrogen-bond acceptors (Lipinski definition) is 3. The second-order valence-corrected chi connectivity index (χ2v) is 7.63. The van der Waals surface area contributed by atoms with E-state index in [1.165, 1.54) is 27.4 Å². The third kappa shape index (κ3) is 3.72. The van der Waals surface area contributed by atoms with Gasteiger partial charge in [0.05, 0.1) is 16.8 Å². The van der Waals surface area contributed by atoms with Gasteiger partial charge in [0.25, 0.3) is 5.91 Å². The number of amides is 1. The molecule has 1 aliphatic heterocycles. The van der Waals surface area contributed by atoms with Gasteiger partial charge in [-0.2, -0.15) is 0 Å². The topological polar surface area (TPSA) is 46.4 Å². The molecule has 1 aliphatic rings. The van der Waals surface area contributed by atoms with Gasteiger partial charge in [0, 0.05) is 12.1 Å². The van der Waals surface area contributed by atoms with Gasteiger partial charge in [-0.15, -0.1) is 11.3 Å². The fraction of sp³-hybridized carbons (Fsp3) is 0.300. The summed E-state index contributed by atoms with van der Waals surface area (Å²) in [7, 11) is 0. The fourth-order valence-corrected chi connectivity index (χ4v) is 4.72. The SMILES string of the molecule is O=C(C[NH+]1CCCC[C@@H]1c1nc2ccccc2s1)Nc1ccccc1. The first-order chi connectivity index (χ1) is 12.3. The van der Waals surface area contributed by atoms with E-state index in [2.05, 4.69) is 23.5 Å². The van der Waals surface area contributed by atoms with E-state index in [0.29, 0.717) is 12.6 Å². The van der Waals surface area contributed by atoms with Crippen LogP contribution in [-0.2, 0) is 4.79 Å². The Kier molecular flexibility index (Phi) is 4.76. The van der Waals surface area contributed by atoms with E-state index in [9.17, 15) is 4.79 Å². The molecular weight excluding hydrogens is 330 g/mol. The van der Waals surface area contributed by atoms with Crippen LogP contribution in [-0.4, -0.2) is 24.0 Å². The molecule has 2 heterocycles. The number of para-hydroxylation sites is 2. The van der Waals surface area contributed by atoms with Crippen molar-refractivity contribution in [3.63, 3.8) is 0 Å². The van der Waals surface area contributed by atoms with E-state index >= 15 is 0 Å². The maximum absolute atomic E-state index is 12.5. The number of thiazole rings is 1. The van der Waals surface area contributed by atoms with Crippen LogP contribution in [0, 0.1) is 0 Å². The van der Waals surface area contributed by atoms with Gasteiger partial charge in [0.2, 0.25) is 0 Å². The molecule has 1 saturated heterocycles. The summed E-state index contributed by atoms with van der Waals surface area (Å²) in [4.78, 5) is 18.7. The number of aromatic nitrogens is 1. The average Bonchev–Trinajstić information content (AvgIpc) is 3.07. The van der Waals surface area contributed by atoms with Crippen LogP contribution in [0.3, 0.4) is 0 Å². The summed E-state index contributed by atoms with van der Waals surface area (Å²) in [6.07, 6.45) is 3.49. The Bertz CT molecular complexity index is 829. The highest BCUT2D eigenvalue weighted by atomic mass is 32.1. The summed E-state index contributed by atoms with van der Waals surface area (Å²) >= 11 is 1.77. The normalized spacial score (nSPS) is 20.5. The summed E-state index contributed by atoms with van der Waals surface area (Å²) in [5.74, 6) is 0.0780. The van der Waals surface area contributed by atoms with Crippen molar-refractivity contribution in [3.8, 4) is 0 Å². The molecule has 4 rings (SSSR count). The number of piperidine rings is 1. The Morgan fingerprint density at radius 3 is 2.76 bits per heavy atom. The number of carbonyl (C=O) groups is 1. The number of benzene rings is 2. The lowest BCUT2D eigenvalue weighted by Crippen LogP contribution is -3.14. The van der Waals surface area contributed by atoms with Crippen molar-refractivity contribution in [2.45, 2.75) is 25.3 Å². The van der Waals surface area contributed by atoms with Gasteiger partial charge in [-0.3, -0.25) is 4.79 Å². The highest BCUT2D eigenvalue weighted by molar-refractivity contribution is 7.18. The number of nitrogens with zero attached hydrogens (tertiary/aromatic N) is 1. The highest BCUT2D eigenvalue weighted by Gasteiger charge is 2.31. The van der Waals surface area contributed by atoms with Crippen LogP contribution < -0.4 is 10.2 Å². The zero-order valence-electron chi connectivity index (χ0n) is 14.1. The molecule has 0 spiro atoms. The van der Waals surface area contributed by atoms with Crippen molar-refractivity contribution >= 4 is 33.1 Å². The smallest absolute Gasteiger partial charge is 0.279 e. The standard InChI is InChI=1S/C20H21N3OS/c24-19(21-15-8-2-1-3-9-15)14-23-13-7-6-11-17(23)20-22-16-10-4-5-12-18(16)25-20/h1-5,8-10,12,17H,6-7,11,13-14H2,(H,21,24)/p+1/t17-/m1/s1. The molecule has 1 amide bonds. The molecule has 4 nitrogen and oxygen atoms in total. The van der Waals surface area contributed by atoms with Crippen molar-refractivity contribution in [3.05, 3.63) is 59.6 Å². The molecule has 2 atom stereocenters. The molecule has 1 fully saturated rings. The lowest BCUT2D eigenvalue weighted by molar-refractivity contribution is -0.929. The Hall–Kier alpha value is -2.24. The predicted octanol–water partition coefficient (Wildman–Crippen LogP) is 3.04. The van der Waals surface area contributed by atoms with Crippen LogP contribution in [0.15, 0.2) is 54.6 Å². The van der Waals surface area contributed by atoms with Crippen LogP contribution >= 0.6 is 11.3 Å². The Balaban J connectivity index is 1.49. The van der Waals surface area contributed by atoms with Crippen molar-refractivity contribution < 1.29 is 9.69 Å². The van der Waals surface area contributed by atoms with Crippen LogP contribution in [0.4, 0.5) is 5.69 Å². The van der Waals surface area contributed by atoms with Crippen LogP contribution in [0.5, 0.6) is 0 Å². The lowest BCUT2D eigenvalue weighted by atomic mass is 10.0. The van der Waals surface area contributed by atoms with Crippen molar-refractivity contribution in [1.82, 2.24) is 4.98 Å². The maximum Gasteiger partial charge on any atom is 0.279 e. The zero-order chi connectivity index (χ0) is 17.1. The molecule has 1 aromatic heterocycles. The van der Waals surface area contributed by atoms with E-state index in [0.717, 1.165) is 24.2 Å². The average molecular weight is 352 g/mol.